The minimum Gasteiger partial charge on any atom is -0.457 e. The maximum absolute atomic E-state index is 13.5. The Balaban J connectivity index is 2.02. The van der Waals surface area contributed by atoms with Crippen molar-refractivity contribution in [2.24, 2.45) is 0 Å². The lowest BCUT2D eigenvalue weighted by atomic mass is 10.0. The Morgan fingerprint density at radius 3 is 2.23 bits per heavy atom. The van der Waals surface area contributed by atoms with Gasteiger partial charge in [0.25, 0.3) is 0 Å². The fourth-order valence-corrected chi connectivity index (χ4v) is 4.78. The normalized spacial score (nSPS) is 17.7. The first-order chi connectivity index (χ1) is 14.1. The number of carbonyl (C=O) groups is 1. The second-order valence-corrected chi connectivity index (χ2v) is 10.6. The van der Waals surface area contributed by atoms with Gasteiger partial charge in [0, 0.05) is 18.7 Å². The Bertz CT molecular complexity index is 1050. The molecule has 1 aliphatic rings. The molecule has 5 nitrogen and oxygen atoms in total. The van der Waals surface area contributed by atoms with E-state index in [1.807, 2.05) is 37.3 Å². The number of allylic oxidation sites excluding steroid dienone is 1. The van der Waals surface area contributed by atoms with Gasteiger partial charge in [0.15, 0.2) is 0 Å². The molecule has 2 aromatic carbocycles. The molecule has 0 saturated carbocycles. The number of fused-ring (bicyclic) bond motifs is 1. The Kier molecular flexibility index (Phi) is 6.48. The highest BCUT2D eigenvalue weighted by molar-refractivity contribution is 7.89. The molecule has 0 bridgehead atoms. The summed E-state index contributed by atoms with van der Waals surface area (Å²) in [4.78, 5) is 13.0. The molecule has 0 radical (unpaired) electrons. The fourth-order valence-electron chi connectivity index (χ4n) is 3.38. The summed E-state index contributed by atoms with van der Waals surface area (Å²) in [5.41, 5.74) is 2.74. The van der Waals surface area contributed by atoms with E-state index in [1.165, 1.54) is 4.31 Å². The van der Waals surface area contributed by atoms with Crippen molar-refractivity contribution in [3.8, 4) is 0 Å². The van der Waals surface area contributed by atoms with E-state index in [-0.39, 0.29) is 18.0 Å². The Hall–Kier alpha value is -2.44. The van der Waals surface area contributed by atoms with Crippen LogP contribution in [0.2, 0.25) is 0 Å². The molecule has 0 fully saturated rings. The SMILES string of the molecule is Cc1ccc(S(=O)(=O)N2C/C(C(=O)OC(C)(C)C)=C\CCc3ccccc3C2)cc1. The summed E-state index contributed by atoms with van der Waals surface area (Å²) in [7, 11) is -3.80. The molecule has 0 atom stereocenters. The molecule has 0 N–H and O–H groups in total. The van der Waals surface area contributed by atoms with Crippen molar-refractivity contribution in [1.82, 2.24) is 4.31 Å². The molecule has 160 valence electrons. The molecule has 0 amide bonds. The van der Waals surface area contributed by atoms with Crippen LogP contribution in [0.15, 0.2) is 65.1 Å². The maximum Gasteiger partial charge on any atom is 0.335 e. The molecule has 2 aromatic rings. The van der Waals surface area contributed by atoms with Crippen LogP contribution in [-0.4, -0.2) is 30.8 Å². The molecule has 6 heteroatoms. The zero-order valence-electron chi connectivity index (χ0n) is 18.0. The number of aryl methyl sites for hydroxylation is 2. The van der Waals surface area contributed by atoms with Gasteiger partial charge in [-0.2, -0.15) is 4.31 Å². The van der Waals surface area contributed by atoms with Crippen LogP contribution in [0.5, 0.6) is 0 Å². The van der Waals surface area contributed by atoms with E-state index >= 15 is 0 Å². The highest BCUT2D eigenvalue weighted by atomic mass is 32.2. The monoisotopic (exact) mass is 427 g/mol. The van der Waals surface area contributed by atoms with Gasteiger partial charge in [-0.15, -0.1) is 0 Å². The smallest absolute Gasteiger partial charge is 0.335 e. The molecule has 1 heterocycles. The summed E-state index contributed by atoms with van der Waals surface area (Å²) in [6.45, 7) is 7.49. The van der Waals surface area contributed by atoms with Crippen molar-refractivity contribution in [3.05, 3.63) is 76.9 Å². The van der Waals surface area contributed by atoms with Gasteiger partial charge in [-0.05, 0) is 63.8 Å². The van der Waals surface area contributed by atoms with E-state index in [9.17, 15) is 13.2 Å². The lowest BCUT2D eigenvalue weighted by Gasteiger charge is -2.25. The highest BCUT2D eigenvalue weighted by Crippen LogP contribution is 2.25. The van der Waals surface area contributed by atoms with Crippen LogP contribution >= 0.6 is 0 Å². The number of carbonyl (C=O) groups excluding carboxylic acids is 1. The molecule has 0 saturated heterocycles. The Morgan fingerprint density at radius 1 is 0.967 bits per heavy atom. The molecule has 0 aromatic heterocycles. The van der Waals surface area contributed by atoms with Crippen LogP contribution in [0.25, 0.3) is 0 Å². The van der Waals surface area contributed by atoms with Gasteiger partial charge in [-0.1, -0.05) is 48.0 Å². The number of benzene rings is 2. The molecular weight excluding hydrogens is 398 g/mol. The van der Waals surface area contributed by atoms with Gasteiger partial charge in [0.1, 0.15) is 5.60 Å². The average Bonchev–Trinajstić information content (AvgIpc) is 2.75. The van der Waals surface area contributed by atoms with Gasteiger partial charge in [0.05, 0.1) is 4.90 Å². The second kappa shape index (κ2) is 8.74. The molecular formula is C24H29NO4S. The Labute approximate surface area is 179 Å². The lowest BCUT2D eigenvalue weighted by Crippen LogP contribution is -2.35. The maximum atomic E-state index is 13.5. The average molecular weight is 428 g/mol. The van der Waals surface area contributed by atoms with Crippen LogP contribution < -0.4 is 0 Å². The van der Waals surface area contributed by atoms with E-state index in [2.05, 4.69) is 0 Å². The number of ether oxygens (including phenoxy) is 1. The van der Waals surface area contributed by atoms with E-state index in [0.29, 0.717) is 12.0 Å². The van der Waals surface area contributed by atoms with Crippen molar-refractivity contribution >= 4 is 16.0 Å². The lowest BCUT2D eigenvalue weighted by molar-refractivity contribution is -0.150. The first-order valence-corrected chi connectivity index (χ1v) is 11.6. The topological polar surface area (TPSA) is 63.7 Å². The van der Waals surface area contributed by atoms with E-state index in [4.69, 9.17) is 4.74 Å². The van der Waals surface area contributed by atoms with Crippen LogP contribution in [0, 0.1) is 6.92 Å². The van der Waals surface area contributed by atoms with E-state index in [0.717, 1.165) is 23.1 Å². The second-order valence-electron chi connectivity index (χ2n) is 8.62. The largest absolute Gasteiger partial charge is 0.457 e. The fraction of sp³-hybridized carbons (Fsp3) is 0.375. The molecule has 3 rings (SSSR count). The summed E-state index contributed by atoms with van der Waals surface area (Å²) >= 11 is 0. The third-order valence-electron chi connectivity index (χ3n) is 4.94. The number of hydrogen-bond acceptors (Lipinski definition) is 4. The predicted molar refractivity (Wildman–Crippen MR) is 117 cm³/mol. The zero-order valence-corrected chi connectivity index (χ0v) is 18.8. The van der Waals surface area contributed by atoms with Gasteiger partial charge < -0.3 is 4.74 Å². The summed E-state index contributed by atoms with van der Waals surface area (Å²) < 4.78 is 33.9. The first-order valence-electron chi connectivity index (χ1n) is 10.1. The molecule has 0 unspecified atom stereocenters. The molecule has 0 spiro atoms. The third-order valence-corrected chi connectivity index (χ3v) is 6.74. The van der Waals surface area contributed by atoms with Crippen LogP contribution in [-0.2, 0) is 32.5 Å². The summed E-state index contributed by atoms with van der Waals surface area (Å²) in [5, 5.41) is 0. The Morgan fingerprint density at radius 2 is 1.60 bits per heavy atom. The van der Waals surface area contributed by atoms with Gasteiger partial charge in [0.2, 0.25) is 10.0 Å². The van der Waals surface area contributed by atoms with E-state index < -0.39 is 21.6 Å². The minimum atomic E-state index is -3.80. The standard InChI is InChI=1S/C24H29NO4S/c1-18-12-14-22(15-13-18)30(27,28)25-16-20-9-6-5-8-19(20)10-7-11-21(17-25)23(26)29-24(2,3)4/h5-6,8-9,11-15H,7,10,16-17H2,1-4H3/b21-11+. The van der Waals surface area contributed by atoms with Crippen LogP contribution in [0.1, 0.15) is 43.9 Å². The van der Waals surface area contributed by atoms with Crippen molar-refractivity contribution in [2.45, 2.75) is 57.6 Å². The molecule has 1 aliphatic heterocycles. The van der Waals surface area contributed by atoms with Crippen molar-refractivity contribution in [2.75, 3.05) is 6.54 Å². The quantitative estimate of drug-likeness (QED) is 0.681. The van der Waals surface area contributed by atoms with Crippen molar-refractivity contribution in [3.63, 3.8) is 0 Å². The third kappa shape index (κ3) is 5.37. The summed E-state index contributed by atoms with van der Waals surface area (Å²) in [6, 6.07) is 14.6. The number of hydrogen-bond donors (Lipinski definition) is 0. The van der Waals surface area contributed by atoms with Crippen molar-refractivity contribution < 1.29 is 17.9 Å². The van der Waals surface area contributed by atoms with Crippen LogP contribution in [0.4, 0.5) is 0 Å². The molecule has 0 aliphatic carbocycles. The van der Waals surface area contributed by atoms with Crippen LogP contribution in [0.3, 0.4) is 0 Å². The summed E-state index contributed by atoms with van der Waals surface area (Å²) in [6.07, 6.45) is 3.19. The minimum absolute atomic E-state index is 0.0283. The van der Waals surface area contributed by atoms with Crippen molar-refractivity contribution in [1.29, 1.82) is 0 Å². The van der Waals surface area contributed by atoms with Gasteiger partial charge in [-0.3, -0.25) is 0 Å². The molecule has 30 heavy (non-hydrogen) atoms. The number of rotatable bonds is 3. The van der Waals surface area contributed by atoms with Gasteiger partial charge >= 0.3 is 5.97 Å². The number of nitrogens with zero attached hydrogens (tertiary/aromatic N) is 1. The predicted octanol–water partition coefficient (Wildman–Crippen LogP) is 4.40. The highest BCUT2D eigenvalue weighted by Gasteiger charge is 2.30. The zero-order chi connectivity index (χ0) is 21.9. The number of esters is 1. The summed E-state index contributed by atoms with van der Waals surface area (Å²) in [5.74, 6) is -0.474. The number of sulfonamides is 1. The van der Waals surface area contributed by atoms with E-state index in [1.54, 1.807) is 45.0 Å². The van der Waals surface area contributed by atoms with Gasteiger partial charge in [-0.25, -0.2) is 13.2 Å². The first kappa shape index (κ1) is 22.2.